The summed E-state index contributed by atoms with van der Waals surface area (Å²) < 4.78 is 4.89. The number of amides is 5. The predicted molar refractivity (Wildman–Crippen MR) is 96.7 cm³/mol. The molecule has 0 aromatic heterocycles. The van der Waals surface area contributed by atoms with Crippen LogP contribution >= 0.6 is 0 Å². The quantitative estimate of drug-likeness (QED) is 0.592. The molecule has 0 radical (unpaired) electrons. The van der Waals surface area contributed by atoms with E-state index in [0.717, 1.165) is 37.0 Å². The summed E-state index contributed by atoms with van der Waals surface area (Å²) in [7, 11) is 1.35. The molecule has 1 aliphatic heterocycles. The van der Waals surface area contributed by atoms with Crippen LogP contribution in [0, 0.1) is 0 Å². The first-order chi connectivity index (χ1) is 13.4. The number of esters is 1. The Morgan fingerprint density at radius 1 is 1.07 bits per heavy atom. The standard InChI is InChI=1S/C19H21N3O6/c1-22-16(24)13-8-7-11(9-14(13)17(22)25)18(26)28-10-15(23)21-19(27)20-12-5-3-2-4-6-12/h7-9,12H,2-6,10H2,1H3,(H2,20,21,23,27). The number of carbonyl (C=O) groups excluding carboxylic acids is 5. The highest BCUT2D eigenvalue weighted by atomic mass is 16.5. The van der Waals surface area contributed by atoms with Crippen molar-refractivity contribution in [2.45, 2.75) is 38.1 Å². The molecule has 9 nitrogen and oxygen atoms in total. The van der Waals surface area contributed by atoms with Gasteiger partial charge in [0.05, 0.1) is 16.7 Å². The van der Waals surface area contributed by atoms with Crippen LogP contribution in [-0.2, 0) is 9.53 Å². The fraction of sp³-hybridized carbons (Fsp3) is 0.421. The highest BCUT2D eigenvalue weighted by Gasteiger charge is 2.33. The second-order valence-electron chi connectivity index (χ2n) is 6.86. The smallest absolute Gasteiger partial charge is 0.338 e. The average Bonchev–Trinajstić information content (AvgIpc) is 2.90. The lowest BCUT2D eigenvalue weighted by molar-refractivity contribution is -0.123. The minimum Gasteiger partial charge on any atom is -0.452 e. The molecular weight excluding hydrogens is 366 g/mol. The Balaban J connectivity index is 1.50. The molecule has 1 heterocycles. The molecule has 1 aliphatic carbocycles. The van der Waals surface area contributed by atoms with Crippen LogP contribution in [0.15, 0.2) is 18.2 Å². The maximum absolute atomic E-state index is 12.1. The van der Waals surface area contributed by atoms with Gasteiger partial charge in [-0.15, -0.1) is 0 Å². The maximum atomic E-state index is 12.1. The largest absolute Gasteiger partial charge is 0.452 e. The van der Waals surface area contributed by atoms with Crippen molar-refractivity contribution >= 4 is 29.7 Å². The Hall–Kier alpha value is -3.23. The lowest BCUT2D eigenvalue weighted by Crippen LogP contribution is -2.46. The van der Waals surface area contributed by atoms with E-state index in [9.17, 15) is 24.0 Å². The van der Waals surface area contributed by atoms with E-state index in [4.69, 9.17) is 4.74 Å². The van der Waals surface area contributed by atoms with Gasteiger partial charge in [-0.25, -0.2) is 9.59 Å². The Morgan fingerprint density at radius 2 is 1.75 bits per heavy atom. The molecule has 0 bridgehead atoms. The predicted octanol–water partition coefficient (Wildman–Crippen LogP) is 1.23. The lowest BCUT2D eigenvalue weighted by atomic mass is 9.96. The maximum Gasteiger partial charge on any atom is 0.338 e. The molecule has 1 fully saturated rings. The molecule has 1 aromatic rings. The van der Waals surface area contributed by atoms with Crippen LogP contribution in [0.25, 0.3) is 0 Å². The van der Waals surface area contributed by atoms with Gasteiger partial charge in [-0.05, 0) is 31.0 Å². The number of urea groups is 1. The number of hydrogen-bond acceptors (Lipinski definition) is 6. The summed E-state index contributed by atoms with van der Waals surface area (Å²) in [6.45, 7) is -0.638. The van der Waals surface area contributed by atoms with E-state index in [1.54, 1.807) is 0 Å². The summed E-state index contributed by atoms with van der Waals surface area (Å²) in [5.74, 6) is -2.54. The van der Waals surface area contributed by atoms with Gasteiger partial charge in [-0.1, -0.05) is 19.3 Å². The van der Waals surface area contributed by atoms with Gasteiger partial charge >= 0.3 is 12.0 Å². The number of rotatable bonds is 4. The third-order valence-electron chi connectivity index (χ3n) is 4.85. The molecule has 0 spiro atoms. The molecule has 9 heteroatoms. The van der Waals surface area contributed by atoms with Crippen LogP contribution in [-0.4, -0.2) is 54.3 Å². The summed E-state index contributed by atoms with van der Waals surface area (Å²) in [6.07, 6.45) is 4.99. The van der Waals surface area contributed by atoms with Crippen LogP contribution in [0.1, 0.15) is 63.2 Å². The van der Waals surface area contributed by atoms with Crippen LogP contribution in [0.2, 0.25) is 0 Å². The van der Waals surface area contributed by atoms with Crippen molar-refractivity contribution in [2.75, 3.05) is 13.7 Å². The third kappa shape index (κ3) is 4.19. The molecular formula is C19H21N3O6. The Kier molecular flexibility index (Phi) is 5.72. The van der Waals surface area contributed by atoms with Gasteiger partial charge in [0.25, 0.3) is 17.7 Å². The van der Waals surface area contributed by atoms with Crippen LogP contribution < -0.4 is 10.6 Å². The molecule has 2 N–H and O–H groups in total. The van der Waals surface area contributed by atoms with Crippen molar-refractivity contribution in [3.63, 3.8) is 0 Å². The normalized spacial score (nSPS) is 16.5. The van der Waals surface area contributed by atoms with Crippen molar-refractivity contribution in [1.29, 1.82) is 0 Å². The summed E-state index contributed by atoms with van der Waals surface area (Å²) in [4.78, 5) is 60.5. The zero-order valence-corrected chi connectivity index (χ0v) is 15.4. The van der Waals surface area contributed by atoms with Gasteiger partial charge in [0, 0.05) is 13.1 Å². The number of ether oxygens (including phenoxy) is 1. The van der Waals surface area contributed by atoms with Gasteiger partial charge in [0.15, 0.2) is 6.61 Å². The fourth-order valence-corrected chi connectivity index (χ4v) is 3.33. The van der Waals surface area contributed by atoms with Gasteiger partial charge in [-0.3, -0.25) is 24.6 Å². The van der Waals surface area contributed by atoms with E-state index in [0.29, 0.717) is 0 Å². The third-order valence-corrected chi connectivity index (χ3v) is 4.85. The zero-order chi connectivity index (χ0) is 20.3. The minimum absolute atomic E-state index is 0.0367. The number of nitrogens with zero attached hydrogens (tertiary/aromatic N) is 1. The molecule has 148 valence electrons. The van der Waals surface area contributed by atoms with E-state index in [1.165, 1.54) is 25.2 Å². The van der Waals surface area contributed by atoms with Crippen LogP contribution in [0.5, 0.6) is 0 Å². The summed E-state index contributed by atoms with van der Waals surface area (Å²) >= 11 is 0. The average molecular weight is 387 g/mol. The molecule has 0 saturated heterocycles. The van der Waals surface area contributed by atoms with E-state index in [2.05, 4.69) is 10.6 Å². The molecule has 0 unspecified atom stereocenters. The molecule has 5 amide bonds. The number of nitrogens with one attached hydrogen (secondary N) is 2. The second-order valence-corrected chi connectivity index (χ2v) is 6.86. The summed E-state index contributed by atoms with van der Waals surface area (Å²) in [6, 6.07) is 3.41. The first-order valence-corrected chi connectivity index (χ1v) is 9.10. The number of imide groups is 2. The topological polar surface area (TPSA) is 122 Å². The SMILES string of the molecule is CN1C(=O)c2ccc(C(=O)OCC(=O)NC(=O)NC3CCCCC3)cc2C1=O. The monoisotopic (exact) mass is 387 g/mol. The lowest BCUT2D eigenvalue weighted by Gasteiger charge is -2.22. The highest BCUT2D eigenvalue weighted by molar-refractivity contribution is 6.21. The zero-order valence-electron chi connectivity index (χ0n) is 15.4. The van der Waals surface area contributed by atoms with Gasteiger partial charge in [0.2, 0.25) is 0 Å². The molecule has 28 heavy (non-hydrogen) atoms. The number of fused-ring (bicyclic) bond motifs is 1. The second kappa shape index (κ2) is 8.20. The number of carbonyl (C=O) groups is 5. The Bertz CT molecular complexity index is 844. The van der Waals surface area contributed by atoms with Crippen molar-refractivity contribution < 1.29 is 28.7 Å². The number of hydrogen-bond donors (Lipinski definition) is 2. The van der Waals surface area contributed by atoms with Gasteiger partial charge in [-0.2, -0.15) is 0 Å². The van der Waals surface area contributed by atoms with E-state index < -0.39 is 36.3 Å². The van der Waals surface area contributed by atoms with Gasteiger partial charge in [0.1, 0.15) is 0 Å². The van der Waals surface area contributed by atoms with Crippen molar-refractivity contribution in [2.24, 2.45) is 0 Å². The van der Waals surface area contributed by atoms with Crippen molar-refractivity contribution in [1.82, 2.24) is 15.5 Å². The molecule has 3 rings (SSSR count). The van der Waals surface area contributed by atoms with Crippen molar-refractivity contribution in [3.8, 4) is 0 Å². The molecule has 0 atom stereocenters. The van der Waals surface area contributed by atoms with Crippen LogP contribution in [0.3, 0.4) is 0 Å². The van der Waals surface area contributed by atoms with E-state index in [-0.39, 0.29) is 22.7 Å². The molecule has 1 saturated carbocycles. The Morgan fingerprint density at radius 3 is 2.46 bits per heavy atom. The van der Waals surface area contributed by atoms with Crippen LogP contribution in [0.4, 0.5) is 4.79 Å². The first kappa shape index (κ1) is 19.5. The fourth-order valence-electron chi connectivity index (χ4n) is 3.33. The van der Waals surface area contributed by atoms with Crippen molar-refractivity contribution in [3.05, 3.63) is 34.9 Å². The summed E-state index contributed by atoms with van der Waals surface area (Å²) in [5, 5.41) is 4.85. The number of benzene rings is 1. The van der Waals surface area contributed by atoms with Gasteiger partial charge < -0.3 is 10.1 Å². The van der Waals surface area contributed by atoms with E-state index >= 15 is 0 Å². The minimum atomic E-state index is -0.833. The highest BCUT2D eigenvalue weighted by Crippen LogP contribution is 2.23. The molecule has 1 aromatic carbocycles. The Labute approximate surface area is 161 Å². The summed E-state index contributed by atoms with van der Waals surface area (Å²) in [5.41, 5.74) is 0.356. The molecule has 2 aliphatic rings. The first-order valence-electron chi connectivity index (χ1n) is 9.10. The van der Waals surface area contributed by atoms with E-state index in [1.807, 2.05) is 0 Å².